The lowest BCUT2D eigenvalue weighted by molar-refractivity contribution is 0.243. The highest BCUT2D eigenvalue weighted by atomic mass is 19.1. The third-order valence-electron chi connectivity index (χ3n) is 4.81. The summed E-state index contributed by atoms with van der Waals surface area (Å²) in [5, 5.41) is 9.40. The Balaban J connectivity index is 1.73. The van der Waals surface area contributed by atoms with Crippen molar-refractivity contribution in [1.82, 2.24) is 9.88 Å². The Bertz CT molecular complexity index is 837. The molecule has 2 heterocycles. The van der Waals surface area contributed by atoms with Crippen molar-refractivity contribution in [1.29, 1.82) is 5.26 Å². The summed E-state index contributed by atoms with van der Waals surface area (Å²) >= 11 is 0. The van der Waals surface area contributed by atoms with Crippen LogP contribution in [-0.4, -0.2) is 36.1 Å². The van der Waals surface area contributed by atoms with Crippen molar-refractivity contribution in [2.24, 2.45) is 5.92 Å². The molecule has 2 aromatic rings. The molecule has 0 aliphatic carbocycles. The average Bonchev–Trinajstić information content (AvgIpc) is 2.63. The Morgan fingerprint density at radius 1 is 1.15 bits per heavy atom. The van der Waals surface area contributed by atoms with Crippen molar-refractivity contribution >= 4 is 5.69 Å². The van der Waals surface area contributed by atoms with Crippen molar-refractivity contribution in [2.75, 3.05) is 31.1 Å². The molecule has 0 bridgehead atoms. The van der Waals surface area contributed by atoms with E-state index in [1.807, 2.05) is 12.1 Å². The number of rotatable bonds is 5. The van der Waals surface area contributed by atoms with Crippen LogP contribution in [0.5, 0.6) is 0 Å². The number of pyridine rings is 1. The van der Waals surface area contributed by atoms with E-state index in [0.717, 1.165) is 12.0 Å². The van der Waals surface area contributed by atoms with E-state index in [1.165, 1.54) is 12.1 Å². The molecular weight excluding hydrogens is 346 g/mol. The molecule has 0 amide bonds. The van der Waals surface area contributed by atoms with Crippen molar-refractivity contribution in [3.63, 3.8) is 0 Å². The van der Waals surface area contributed by atoms with Gasteiger partial charge in [0, 0.05) is 38.9 Å². The van der Waals surface area contributed by atoms with Gasteiger partial charge in [-0.1, -0.05) is 13.8 Å². The Labute approximate surface area is 159 Å². The molecule has 1 aliphatic rings. The first-order valence-corrected chi connectivity index (χ1v) is 9.27. The van der Waals surface area contributed by atoms with Crippen LogP contribution in [0.4, 0.5) is 14.5 Å². The number of hydrogen-bond acceptors (Lipinski definition) is 4. The summed E-state index contributed by atoms with van der Waals surface area (Å²) in [5.41, 5.74) is 2.12. The molecule has 1 aromatic heterocycles. The predicted octanol–water partition coefficient (Wildman–Crippen LogP) is 3.75. The normalized spacial score (nSPS) is 15.2. The van der Waals surface area contributed by atoms with Gasteiger partial charge in [-0.15, -0.1) is 0 Å². The van der Waals surface area contributed by atoms with Gasteiger partial charge in [-0.2, -0.15) is 5.26 Å². The molecule has 142 valence electrons. The van der Waals surface area contributed by atoms with Crippen LogP contribution in [0.25, 0.3) is 0 Å². The van der Waals surface area contributed by atoms with Crippen LogP contribution in [-0.2, 0) is 13.0 Å². The second kappa shape index (κ2) is 8.45. The van der Waals surface area contributed by atoms with Gasteiger partial charge in [0.25, 0.3) is 0 Å². The summed E-state index contributed by atoms with van der Waals surface area (Å²) in [7, 11) is 0. The van der Waals surface area contributed by atoms with Gasteiger partial charge in [0.2, 0.25) is 0 Å². The van der Waals surface area contributed by atoms with E-state index in [4.69, 9.17) is 0 Å². The van der Waals surface area contributed by atoms with Crippen molar-refractivity contribution in [2.45, 2.75) is 26.8 Å². The minimum atomic E-state index is -0.455. The maximum Gasteiger partial charge on any atom is 0.146 e. The molecule has 0 N–H and O–H groups in total. The van der Waals surface area contributed by atoms with Crippen LogP contribution in [0.1, 0.15) is 30.7 Å². The highest BCUT2D eigenvalue weighted by molar-refractivity contribution is 5.61. The van der Waals surface area contributed by atoms with E-state index in [9.17, 15) is 14.0 Å². The molecule has 0 atom stereocenters. The number of nitrogens with zero attached hydrogens (tertiary/aromatic N) is 4. The number of halogens is 2. The summed E-state index contributed by atoms with van der Waals surface area (Å²) in [6.07, 6.45) is 2.37. The van der Waals surface area contributed by atoms with Crippen LogP contribution >= 0.6 is 0 Å². The fraction of sp³-hybridized carbons (Fsp3) is 0.429. The third kappa shape index (κ3) is 4.61. The van der Waals surface area contributed by atoms with E-state index < -0.39 is 5.82 Å². The molecule has 0 saturated carbocycles. The number of aromatic nitrogens is 1. The zero-order valence-electron chi connectivity index (χ0n) is 15.8. The molecule has 4 nitrogen and oxygen atoms in total. The molecule has 0 spiro atoms. The SMILES string of the molecule is CC(C)Cc1cc(F)c(C#N)c(N2CCN(Cc3ncccc3F)CC2)c1. The Morgan fingerprint density at radius 3 is 2.52 bits per heavy atom. The van der Waals surface area contributed by atoms with Gasteiger partial charge >= 0.3 is 0 Å². The molecule has 1 aliphatic heterocycles. The second-order valence-corrected chi connectivity index (χ2v) is 7.38. The molecule has 6 heteroatoms. The standard InChI is InChI=1S/C21H24F2N4/c1-15(2)10-16-11-19(23)17(13-24)21(12-16)27-8-6-26(7-9-27)14-20-18(22)4-3-5-25-20/h3-5,11-12,15H,6-10,14H2,1-2H3. The summed E-state index contributed by atoms with van der Waals surface area (Å²) in [6, 6.07) is 8.42. The topological polar surface area (TPSA) is 43.2 Å². The van der Waals surface area contributed by atoms with Crippen LogP contribution in [0, 0.1) is 28.9 Å². The summed E-state index contributed by atoms with van der Waals surface area (Å²) in [5.74, 6) is -0.339. The van der Waals surface area contributed by atoms with Gasteiger partial charge in [0.05, 0.1) is 11.4 Å². The average molecular weight is 370 g/mol. The highest BCUT2D eigenvalue weighted by Gasteiger charge is 2.22. The second-order valence-electron chi connectivity index (χ2n) is 7.38. The van der Waals surface area contributed by atoms with Crippen LogP contribution in [0.15, 0.2) is 30.5 Å². The fourth-order valence-corrected chi connectivity index (χ4v) is 3.49. The molecule has 1 saturated heterocycles. The number of benzene rings is 1. The monoisotopic (exact) mass is 370 g/mol. The first kappa shape index (κ1) is 19.2. The fourth-order valence-electron chi connectivity index (χ4n) is 3.49. The van der Waals surface area contributed by atoms with E-state index in [1.54, 1.807) is 12.3 Å². The Kier molecular flexibility index (Phi) is 6.02. The van der Waals surface area contributed by atoms with E-state index in [-0.39, 0.29) is 11.4 Å². The van der Waals surface area contributed by atoms with E-state index >= 15 is 0 Å². The largest absolute Gasteiger partial charge is 0.368 e. The van der Waals surface area contributed by atoms with Gasteiger partial charge in [-0.25, -0.2) is 8.78 Å². The lowest BCUT2D eigenvalue weighted by Gasteiger charge is -2.36. The third-order valence-corrected chi connectivity index (χ3v) is 4.81. The maximum absolute atomic E-state index is 14.4. The molecule has 0 unspecified atom stereocenters. The van der Waals surface area contributed by atoms with Gasteiger partial charge in [-0.05, 0) is 42.2 Å². The molecular formula is C21H24F2N4. The molecule has 0 radical (unpaired) electrons. The van der Waals surface area contributed by atoms with Gasteiger partial charge in [0.1, 0.15) is 23.3 Å². The summed E-state index contributed by atoms with van der Waals surface area (Å²) in [6.45, 7) is 7.36. The van der Waals surface area contributed by atoms with Crippen LogP contribution in [0.3, 0.4) is 0 Å². The number of hydrogen-bond donors (Lipinski definition) is 0. The first-order valence-electron chi connectivity index (χ1n) is 9.27. The molecule has 27 heavy (non-hydrogen) atoms. The van der Waals surface area contributed by atoms with E-state index in [0.29, 0.717) is 50.0 Å². The van der Waals surface area contributed by atoms with Gasteiger partial charge in [0.15, 0.2) is 0 Å². The lowest BCUT2D eigenvalue weighted by Crippen LogP contribution is -2.46. The predicted molar refractivity (Wildman–Crippen MR) is 101 cm³/mol. The molecule has 3 rings (SSSR count). The quantitative estimate of drug-likeness (QED) is 0.804. The Hall–Kier alpha value is -2.52. The summed E-state index contributed by atoms with van der Waals surface area (Å²) in [4.78, 5) is 8.28. The Morgan fingerprint density at radius 2 is 1.89 bits per heavy atom. The number of nitriles is 1. The zero-order valence-corrected chi connectivity index (χ0v) is 15.8. The molecule has 1 aromatic carbocycles. The lowest BCUT2D eigenvalue weighted by atomic mass is 9.99. The maximum atomic E-state index is 14.4. The van der Waals surface area contributed by atoms with Gasteiger partial charge in [-0.3, -0.25) is 9.88 Å². The number of piperazine rings is 1. The minimum Gasteiger partial charge on any atom is -0.368 e. The number of anilines is 1. The zero-order chi connectivity index (χ0) is 19.4. The van der Waals surface area contributed by atoms with Crippen LogP contribution in [0.2, 0.25) is 0 Å². The van der Waals surface area contributed by atoms with Crippen molar-refractivity contribution in [3.8, 4) is 6.07 Å². The summed E-state index contributed by atoms with van der Waals surface area (Å²) < 4.78 is 28.2. The minimum absolute atomic E-state index is 0.103. The van der Waals surface area contributed by atoms with Crippen molar-refractivity contribution in [3.05, 3.63) is 58.9 Å². The highest BCUT2D eigenvalue weighted by Crippen LogP contribution is 2.27. The van der Waals surface area contributed by atoms with Crippen molar-refractivity contribution < 1.29 is 8.78 Å². The smallest absolute Gasteiger partial charge is 0.146 e. The molecule has 1 fully saturated rings. The van der Waals surface area contributed by atoms with Gasteiger partial charge < -0.3 is 4.90 Å². The van der Waals surface area contributed by atoms with E-state index in [2.05, 4.69) is 28.6 Å². The van der Waals surface area contributed by atoms with Crippen LogP contribution < -0.4 is 4.90 Å². The first-order chi connectivity index (χ1) is 13.0.